The number of halogens is 1. The van der Waals surface area contributed by atoms with Crippen LogP contribution in [0.15, 0.2) is 47.6 Å². The molecule has 1 fully saturated rings. The van der Waals surface area contributed by atoms with Gasteiger partial charge in [-0.15, -0.1) is 34.2 Å². The molecule has 0 bridgehead atoms. The van der Waals surface area contributed by atoms with Gasteiger partial charge in [-0.3, -0.25) is 4.40 Å². The van der Waals surface area contributed by atoms with E-state index < -0.39 is 0 Å². The Morgan fingerprint density at radius 3 is 2.78 bits per heavy atom. The fraction of sp³-hybridized carbons (Fsp3) is 0.435. The van der Waals surface area contributed by atoms with Crippen molar-refractivity contribution in [1.82, 2.24) is 25.2 Å². The van der Waals surface area contributed by atoms with Crippen molar-refractivity contribution < 1.29 is 9.47 Å². The maximum Gasteiger partial charge on any atom is 0.191 e. The lowest BCUT2D eigenvalue weighted by atomic mass is 10.2. The van der Waals surface area contributed by atoms with E-state index in [1.807, 2.05) is 53.9 Å². The highest BCUT2D eigenvalue weighted by molar-refractivity contribution is 14.0. The first-order valence-corrected chi connectivity index (χ1v) is 10.9. The van der Waals surface area contributed by atoms with Gasteiger partial charge in [0.2, 0.25) is 0 Å². The van der Waals surface area contributed by atoms with Gasteiger partial charge < -0.3 is 20.1 Å². The molecule has 8 nitrogen and oxygen atoms in total. The highest BCUT2D eigenvalue weighted by Gasteiger charge is 2.18. The van der Waals surface area contributed by atoms with Crippen LogP contribution in [-0.2, 0) is 13.1 Å². The van der Waals surface area contributed by atoms with Gasteiger partial charge in [-0.05, 0) is 56.9 Å². The van der Waals surface area contributed by atoms with E-state index in [2.05, 4.69) is 20.8 Å². The summed E-state index contributed by atoms with van der Waals surface area (Å²) in [7, 11) is 1.67. The van der Waals surface area contributed by atoms with Crippen molar-refractivity contribution in [2.45, 2.75) is 51.8 Å². The van der Waals surface area contributed by atoms with Crippen LogP contribution in [0.25, 0.3) is 5.65 Å². The predicted octanol–water partition coefficient (Wildman–Crippen LogP) is 3.93. The Bertz CT molecular complexity index is 1030. The highest BCUT2D eigenvalue weighted by atomic mass is 127. The van der Waals surface area contributed by atoms with E-state index in [0.717, 1.165) is 53.9 Å². The molecule has 1 aliphatic rings. The van der Waals surface area contributed by atoms with Gasteiger partial charge in [0.15, 0.2) is 17.4 Å². The van der Waals surface area contributed by atoms with Crippen molar-refractivity contribution in [3.8, 4) is 11.5 Å². The third kappa shape index (κ3) is 6.02. The van der Waals surface area contributed by atoms with Crippen molar-refractivity contribution >= 4 is 35.6 Å². The number of benzene rings is 1. The minimum Gasteiger partial charge on any atom is -0.497 e. The second-order valence-corrected chi connectivity index (χ2v) is 7.59. The molecule has 1 saturated carbocycles. The number of ether oxygens (including phenoxy) is 2. The molecule has 0 radical (unpaired) electrons. The van der Waals surface area contributed by atoms with E-state index in [1.54, 1.807) is 7.11 Å². The lowest BCUT2D eigenvalue weighted by Gasteiger charge is -2.17. The van der Waals surface area contributed by atoms with Crippen molar-refractivity contribution in [1.29, 1.82) is 0 Å². The smallest absolute Gasteiger partial charge is 0.191 e. The molecule has 0 spiro atoms. The van der Waals surface area contributed by atoms with Crippen molar-refractivity contribution in [3.63, 3.8) is 0 Å². The molecule has 0 saturated heterocycles. The maximum absolute atomic E-state index is 6.30. The monoisotopic (exact) mass is 550 g/mol. The van der Waals surface area contributed by atoms with E-state index in [0.29, 0.717) is 13.1 Å². The summed E-state index contributed by atoms with van der Waals surface area (Å²) in [6.45, 7) is 3.83. The Balaban J connectivity index is 0.00000289. The first kappa shape index (κ1) is 24.1. The summed E-state index contributed by atoms with van der Waals surface area (Å²) >= 11 is 0. The number of guanidine groups is 1. The van der Waals surface area contributed by atoms with Gasteiger partial charge in [0, 0.05) is 24.4 Å². The largest absolute Gasteiger partial charge is 0.497 e. The minimum atomic E-state index is 0. The average molecular weight is 550 g/mol. The van der Waals surface area contributed by atoms with Crippen LogP contribution in [0.3, 0.4) is 0 Å². The summed E-state index contributed by atoms with van der Waals surface area (Å²) in [5.41, 5.74) is 1.87. The minimum absolute atomic E-state index is 0. The third-order valence-electron chi connectivity index (χ3n) is 5.42. The van der Waals surface area contributed by atoms with Gasteiger partial charge in [-0.2, -0.15) is 0 Å². The van der Waals surface area contributed by atoms with E-state index in [9.17, 15) is 0 Å². The van der Waals surface area contributed by atoms with Gasteiger partial charge in [-0.25, -0.2) is 4.99 Å². The number of aliphatic imine (C=N–C) groups is 1. The fourth-order valence-electron chi connectivity index (χ4n) is 3.77. The molecule has 1 aromatic carbocycles. The summed E-state index contributed by atoms with van der Waals surface area (Å²) < 4.78 is 13.7. The summed E-state index contributed by atoms with van der Waals surface area (Å²) in [4.78, 5) is 4.77. The first-order valence-electron chi connectivity index (χ1n) is 10.9. The zero-order valence-corrected chi connectivity index (χ0v) is 20.9. The predicted molar refractivity (Wildman–Crippen MR) is 136 cm³/mol. The van der Waals surface area contributed by atoms with Crippen molar-refractivity contribution in [2.75, 3.05) is 13.7 Å². The number of methoxy groups -OCH3 is 1. The van der Waals surface area contributed by atoms with Gasteiger partial charge in [0.05, 0.1) is 26.3 Å². The van der Waals surface area contributed by atoms with E-state index >= 15 is 0 Å². The van der Waals surface area contributed by atoms with Crippen LogP contribution >= 0.6 is 24.0 Å². The number of hydrogen-bond acceptors (Lipinski definition) is 5. The van der Waals surface area contributed by atoms with Crippen molar-refractivity contribution in [2.24, 2.45) is 4.99 Å². The molecule has 2 heterocycles. The molecule has 1 aliphatic carbocycles. The Morgan fingerprint density at radius 1 is 1.16 bits per heavy atom. The zero-order chi connectivity index (χ0) is 21.5. The Kier molecular flexibility index (Phi) is 8.95. The number of hydrogen-bond donors (Lipinski definition) is 2. The fourth-order valence-corrected chi connectivity index (χ4v) is 3.77. The molecule has 0 aliphatic heterocycles. The number of nitrogens with one attached hydrogen (secondary N) is 2. The Hall–Kier alpha value is -2.56. The quantitative estimate of drug-likeness (QED) is 0.251. The molecule has 32 heavy (non-hydrogen) atoms. The van der Waals surface area contributed by atoms with Crippen LogP contribution in [0.1, 0.15) is 44.0 Å². The van der Waals surface area contributed by atoms with Crippen LogP contribution in [0.2, 0.25) is 0 Å². The summed E-state index contributed by atoms with van der Waals surface area (Å²) in [5, 5.41) is 15.1. The summed E-state index contributed by atoms with van der Waals surface area (Å²) in [6, 6.07) is 11.8. The Morgan fingerprint density at radius 2 is 2.00 bits per heavy atom. The SMILES string of the molecule is CCNC(=NCc1ccc(OC)cc1OC1CCCC1)NCc1nnc2ccccn12.I. The second-order valence-electron chi connectivity index (χ2n) is 7.59. The van der Waals surface area contributed by atoms with Crippen LogP contribution in [0, 0.1) is 0 Å². The molecular formula is C23H31IN6O2. The van der Waals surface area contributed by atoms with Gasteiger partial charge in [-0.1, -0.05) is 6.07 Å². The number of aromatic nitrogens is 3. The van der Waals surface area contributed by atoms with Crippen LogP contribution in [0.5, 0.6) is 11.5 Å². The molecule has 0 unspecified atom stereocenters. The standard InChI is InChI=1S/C23H30N6O2.HI/c1-3-24-23(26-16-22-28-27-21-10-6-7-13-29(21)22)25-15-17-11-12-19(30-2)14-20(17)31-18-8-4-5-9-18;/h6-7,10-14,18H,3-5,8-9,15-16H2,1-2H3,(H2,24,25,26);1H. The molecular weight excluding hydrogens is 519 g/mol. The molecule has 2 aromatic heterocycles. The van der Waals surface area contributed by atoms with Crippen molar-refractivity contribution in [3.05, 3.63) is 54.0 Å². The number of rotatable bonds is 8. The number of nitrogens with zero attached hydrogens (tertiary/aromatic N) is 4. The number of fused-ring (bicyclic) bond motifs is 1. The van der Waals surface area contributed by atoms with Gasteiger partial charge >= 0.3 is 0 Å². The molecule has 172 valence electrons. The normalized spacial score (nSPS) is 14.2. The molecule has 4 rings (SSSR count). The van der Waals surface area contributed by atoms with Crippen LogP contribution in [0.4, 0.5) is 0 Å². The zero-order valence-electron chi connectivity index (χ0n) is 18.6. The van der Waals surface area contributed by atoms with E-state index in [1.165, 1.54) is 12.8 Å². The second kappa shape index (κ2) is 11.9. The molecule has 3 aromatic rings. The van der Waals surface area contributed by atoms with Gasteiger partial charge in [0.1, 0.15) is 11.5 Å². The number of pyridine rings is 1. The Labute approximate surface area is 205 Å². The average Bonchev–Trinajstić information content (AvgIpc) is 3.46. The molecule has 9 heteroatoms. The summed E-state index contributed by atoms with van der Waals surface area (Å²) in [6.07, 6.45) is 6.91. The van der Waals surface area contributed by atoms with Crippen LogP contribution in [-0.4, -0.2) is 40.3 Å². The first-order chi connectivity index (χ1) is 15.3. The van der Waals surface area contributed by atoms with Crippen LogP contribution < -0.4 is 20.1 Å². The summed E-state index contributed by atoms with van der Waals surface area (Å²) in [5.74, 6) is 3.20. The van der Waals surface area contributed by atoms with Gasteiger partial charge in [0.25, 0.3) is 0 Å². The lowest BCUT2D eigenvalue weighted by Crippen LogP contribution is -2.37. The molecule has 2 N–H and O–H groups in total. The topological polar surface area (TPSA) is 85.1 Å². The van der Waals surface area contributed by atoms with E-state index in [4.69, 9.17) is 14.5 Å². The highest BCUT2D eigenvalue weighted by Crippen LogP contribution is 2.30. The lowest BCUT2D eigenvalue weighted by molar-refractivity contribution is 0.207. The molecule has 0 atom stereocenters. The maximum atomic E-state index is 6.30. The third-order valence-corrected chi connectivity index (χ3v) is 5.42. The molecule has 0 amide bonds. The van der Waals surface area contributed by atoms with E-state index in [-0.39, 0.29) is 30.1 Å².